The summed E-state index contributed by atoms with van der Waals surface area (Å²) in [6, 6.07) is 4.84. The van der Waals surface area contributed by atoms with Crippen molar-refractivity contribution in [1.82, 2.24) is 0 Å². The molecule has 99 valence electrons. The number of hydrogen-bond donors (Lipinski definition) is 0. The van der Waals surface area contributed by atoms with Crippen molar-refractivity contribution in [3.8, 4) is 0 Å². The molecular weight excluding hydrogens is 280 g/mol. The Labute approximate surface area is 105 Å². The van der Waals surface area contributed by atoms with E-state index in [0.29, 0.717) is 0 Å². The van der Waals surface area contributed by atoms with Crippen LogP contribution >= 0.6 is 0 Å². The third-order valence-electron chi connectivity index (χ3n) is 2.12. The molecule has 1 radical (unpaired) electrons. The molecule has 0 amide bonds. The molecule has 0 fully saturated rings. The summed E-state index contributed by atoms with van der Waals surface area (Å²) in [5.41, 5.74) is 0. The van der Waals surface area contributed by atoms with Crippen LogP contribution in [0.2, 0.25) is 0 Å². The molecule has 1 rings (SSSR count). The van der Waals surface area contributed by atoms with Crippen LogP contribution in [-0.2, 0) is 29.2 Å². The molecule has 8 heteroatoms. The first kappa shape index (κ1) is 14.7. The molecule has 0 aromatic heterocycles. The highest BCUT2D eigenvalue weighted by molar-refractivity contribution is 7.91. The van der Waals surface area contributed by atoms with E-state index in [4.69, 9.17) is 0 Å². The van der Waals surface area contributed by atoms with Gasteiger partial charge < -0.3 is 4.74 Å². The summed E-state index contributed by atoms with van der Waals surface area (Å²) in [6.07, 6.45) is 1.03. The van der Waals surface area contributed by atoms with Crippen LogP contribution in [0.3, 0.4) is 0 Å². The van der Waals surface area contributed by atoms with Gasteiger partial charge in [0.1, 0.15) is 6.61 Å². The van der Waals surface area contributed by atoms with Gasteiger partial charge in [-0.3, -0.25) is 0 Å². The van der Waals surface area contributed by atoms with Crippen molar-refractivity contribution in [2.45, 2.75) is 9.79 Å². The van der Waals surface area contributed by atoms with Gasteiger partial charge in [0, 0.05) is 6.26 Å². The topological polar surface area (TPSA) is 94.6 Å². The average Bonchev–Trinajstić information content (AvgIpc) is 2.28. The van der Waals surface area contributed by atoms with Crippen molar-refractivity contribution in [2.75, 3.05) is 18.6 Å². The molecule has 0 bridgehead atoms. The second kappa shape index (κ2) is 5.49. The van der Waals surface area contributed by atoms with Crippen LogP contribution in [0, 0.1) is 0 Å². The maximum absolute atomic E-state index is 11.7. The van der Waals surface area contributed by atoms with Gasteiger partial charge in [-0.2, -0.15) is 0 Å². The van der Waals surface area contributed by atoms with E-state index in [1.165, 1.54) is 24.3 Å². The molecule has 0 spiro atoms. The molecular formula is C10H11O6S2. The van der Waals surface area contributed by atoms with E-state index in [1.807, 2.05) is 0 Å². The molecule has 18 heavy (non-hydrogen) atoms. The van der Waals surface area contributed by atoms with Crippen LogP contribution in [0.25, 0.3) is 0 Å². The zero-order chi connectivity index (χ0) is 13.8. The quantitative estimate of drug-likeness (QED) is 0.682. The number of hydrogen-bond acceptors (Lipinski definition) is 6. The van der Waals surface area contributed by atoms with Crippen LogP contribution in [0.4, 0.5) is 0 Å². The van der Waals surface area contributed by atoms with E-state index in [-0.39, 0.29) is 22.2 Å². The summed E-state index contributed by atoms with van der Waals surface area (Å²) in [6.45, 7) is 0.835. The Morgan fingerprint density at radius 3 is 2.00 bits per heavy atom. The summed E-state index contributed by atoms with van der Waals surface area (Å²) < 4.78 is 50.0. The van der Waals surface area contributed by atoms with E-state index >= 15 is 0 Å². The standard InChI is InChI=1S/C10H11O6S2/c1-17(12,13)9-2-4-10(5-3-9)18(14,15)7-6-16-8-11/h2-5H,6-7H2,1H3. The summed E-state index contributed by atoms with van der Waals surface area (Å²) in [7, 11) is -6.95. The predicted molar refractivity (Wildman–Crippen MR) is 63.3 cm³/mol. The lowest BCUT2D eigenvalue weighted by Crippen LogP contribution is -2.12. The first-order valence-electron chi connectivity index (χ1n) is 4.79. The number of carbonyl (C=O) groups excluding carboxylic acids is 1. The van der Waals surface area contributed by atoms with Crippen molar-refractivity contribution in [2.24, 2.45) is 0 Å². The van der Waals surface area contributed by atoms with E-state index < -0.39 is 19.7 Å². The molecule has 0 saturated heterocycles. The largest absolute Gasteiger partial charge is 0.456 e. The third kappa shape index (κ3) is 3.81. The molecule has 0 aliphatic carbocycles. The van der Waals surface area contributed by atoms with E-state index in [9.17, 15) is 21.6 Å². The molecule has 0 saturated carbocycles. The summed E-state index contributed by atoms with van der Waals surface area (Å²) in [5.74, 6) is -0.375. The lowest BCUT2D eigenvalue weighted by atomic mass is 10.4. The van der Waals surface area contributed by atoms with Gasteiger partial charge in [-0.1, -0.05) is 0 Å². The number of benzene rings is 1. The Bertz CT molecular complexity index is 613. The normalized spacial score (nSPS) is 12.1. The zero-order valence-corrected chi connectivity index (χ0v) is 11.1. The van der Waals surface area contributed by atoms with E-state index in [0.717, 1.165) is 12.7 Å². The van der Waals surface area contributed by atoms with Crippen molar-refractivity contribution in [3.05, 3.63) is 24.3 Å². The SMILES string of the molecule is CS(=O)(=O)c1ccc(S(=O)(=O)CCO[C]=O)cc1. The fourth-order valence-electron chi connectivity index (χ4n) is 1.21. The van der Waals surface area contributed by atoms with Gasteiger partial charge in [-0.25, -0.2) is 21.6 Å². The first-order valence-corrected chi connectivity index (χ1v) is 8.33. The molecule has 1 aromatic carbocycles. The zero-order valence-electron chi connectivity index (χ0n) is 9.49. The molecule has 6 nitrogen and oxygen atoms in total. The number of ether oxygens (including phenoxy) is 1. The van der Waals surface area contributed by atoms with Gasteiger partial charge in [0.05, 0.1) is 15.5 Å². The summed E-state index contributed by atoms with van der Waals surface area (Å²) in [5, 5.41) is 0. The van der Waals surface area contributed by atoms with Crippen molar-refractivity contribution >= 4 is 26.1 Å². The first-order chi connectivity index (χ1) is 8.27. The van der Waals surface area contributed by atoms with Crippen LogP contribution in [0.15, 0.2) is 34.1 Å². The van der Waals surface area contributed by atoms with Crippen molar-refractivity contribution in [3.63, 3.8) is 0 Å². The van der Waals surface area contributed by atoms with Crippen LogP contribution in [-0.4, -0.2) is 41.9 Å². The molecule has 0 N–H and O–H groups in total. The molecule has 0 aliphatic rings. The van der Waals surface area contributed by atoms with Gasteiger partial charge in [-0.05, 0) is 24.3 Å². The third-order valence-corrected chi connectivity index (χ3v) is 4.95. The van der Waals surface area contributed by atoms with Crippen LogP contribution in [0.1, 0.15) is 0 Å². The molecule has 0 heterocycles. The minimum Gasteiger partial charge on any atom is -0.456 e. The highest BCUT2D eigenvalue weighted by Crippen LogP contribution is 2.15. The fraction of sp³-hybridized carbons (Fsp3) is 0.300. The van der Waals surface area contributed by atoms with Crippen molar-refractivity contribution < 1.29 is 26.4 Å². The monoisotopic (exact) mass is 291 g/mol. The second-order valence-corrected chi connectivity index (χ2v) is 7.62. The summed E-state index contributed by atoms with van der Waals surface area (Å²) in [4.78, 5) is 9.79. The lowest BCUT2D eigenvalue weighted by Gasteiger charge is -2.04. The smallest absolute Gasteiger partial charge is 0.417 e. The van der Waals surface area contributed by atoms with Crippen LogP contribution in [0.5, 0.6) is 0 Å². The number of sulfone groups is 2. The van der Waals surface area contributed by atoms with Gasteiger partial charge in [-0.15, -0.1) is 0 Å². The molecule has 0 unspecified atom stereocenters. The van der Waals surface area contributed by atoms with Crippen LogP contribution < -0.4 is 0 Å². The number of rotatable bonds is 6. The van der Waals surface area contributed by atoms with E-state index in [1.54, 1.807) is 0 Å². The average molecular weight is 291 g/mol. The minimum atomic E-state index is -3.59. The lowest BCUT2D eigenvalue weighted by molar-refractivity contribution is 0.297. The van der Waals surface area contributed by atoms with Gasteiger partial charge in [0.2, 0.25) is 0 Å². The van der Waals surface area contributed by atoms with Gasteiger partial charge in [0.25, 0.3) is 0 Å². The summed E-state index contributed by atoms with van der Waals surface area (Å²) >= 11 is 0. The second-order valence-electron chi connectivity index (χ2n) is 3.49. The Balaban J connectivity index is 2.95. The Morgan fingerprint density at radius 1 is 1.06 bits per heavy atom. The van der Waals surface area contributed by atoms with E-state index in [2.05, 4.69) is 4.74 Å². The Hall–Kier alpha value is -1.41. The maximum Gasteiger partial charge on any atom is 0.417 e. The van der Waals surface area contributed by atoms with Gasteiger partial charge >= 0.3 is 6.47 Å². The van der Waals surface area contributed by atoms with Gasteiger partial charge in [0.15, 0.2) is 19.7 Å². The van der Waals surface area contributed by atoms with Crippen molar-refractivity contribution in [1.29, 1.82) is 0 Å². The molecule has 1 aromatic rings. The molecule has 0 atom stereocenters. The Morgan fingerprint density at radius 2 is 1.56 bits per heavy atom. The highest BCUT2D eigenvalue weighted by atomic mass is 32.2. The highest BCUT2D eigenvalue weighted by Gasteiger charge is 2.15. The fourth-order valence-corrected chi connectivity index (χ4v) is 2.92. The minimum absolute atomic E-state index is 0.0237. The molecule has 0 aliphatic heterocycles. The maximum atomic E-state index is 11.7. The Kier molecular flexibility index (Phi) is 4.47. The predicted octanol–water partition coefficient (Wildman–Crippen LogP) is -0.0524.